The number of hydrogen-bond donors (Lipinski definition) is 0. The minimum Gasteiger partial charge on any atom is -0.489 e. The third-order valence-electron chi connectivity index (χ3n) is 5.82. The van der Waals surface area contributed by atoms with E-state index in [4.69, 9.17) is 16.3 Å². The first-order valence-electron chi connectivity index (χ1n) is 10.4. The fraction of sp³-hybridized carbons (Fsp3) is 0.308. The lowest BCUT2D eigenvalue weighted by molar-refractivity contribution is 0.306. The van der Waals surface area contributed by atoms with E-state index in [1.807, 2.05) is 12.1 Å². The summed E-state index contributed by atoms with van der Waals surface area (Å²) in [5, 5.41) is 0.755. The van der Waals surface area contributed by atoms with Gasteiger partial charge in [0.2, 0.25) is 0 Å². The molecule has 0 amide bonds. The Bertz CT molecular complexity index is 928. The van der Waals surface area contributed by atoms with E-state index in [1.54, 1.807) is 11.8 Å². The molecule has 0 spiro atoms. The molecule has 1 aliphatic rings. The van der Waals surface area contributed by atoms with Crippen molar-refractivity contribution in [2.45, 2.75) is 49.5 Å². The fourth-order valence-corrected chi connectivity index (χ4v) is 4.75. The van der Waals surface area contributed by atoms with Crippen LogP contribution in [-0.4, -0.2) is 6.26 Å². The predicted octanol–water partition coefficient (Wildman–Crippen LogP) is 8.36. The topological polar surface area (TPSA) is 9.23 Å². The van der Waals surface area contributed by atoms with E-state index in [2.05, 4.69) is 60.9 Å². The molecule has 1 saturated carbocycles. The molecule has 0 radical (unpaired) electrons. The highest BCUT2D eigenvalue weighted by atomic mass is 35.5. The van der Waals surface area contributed by atoms with E-state index in [0.717, 1.165) is 22.3 Å². The largest absolute Gasteiger partial charge is 0.489 e. The van der Waals surface area contributed by atoms with Crippen molar-refractivity contribution in [1.82, 2.24) is 0 Å². The summed E-state index contributed by atoms with van der Waals surface area (Å²) in [5.74, 6) is 1.66. The van der Waals surface area contributed by atoms with Crippen LogP contribution in [-0.2, 0) is 6.61 Å². The highest BCUT2D eigenvalue weighted by molar-refractivity contribution is 7.98. The number of thioether (sulfide) groups is 1. The van der Waals surface area contributed by atoms with Gasteiger partial charge in [-0.25, -0.2) is 0 Å². The van der Waals surface area contributed by atoms with Gasteiger partial charge in [0.25, 0.3) is 0 Å². The van der Waals surface area contributed by atoms with Crippen LogP contribution in [0.25, 0.3) is 11.1 Å². The molecule has 0 heterocycles. The Balaban J connectivity index is 1.50. The quantitative estimate of drug-likeness (QED) is 0.369. The minimum atomic E-state index is 0.551. The van der Waals surface area contributed by atoms with Gasteiger partial charge in [-0.1, -0.05) is 61.2 Å². The van der Waals surface area contributed by atoms with Gasteiger partial charge in [-0.3, -0.25) is 0 Å². The number of benzene rings is 3. The minimum absolute atomic E-state index is 0.551. The monoisotopic (exact) mass is 422 g/mol. The van der Waals surface area contributed by atoms with Crippen LogP contribution < -0.4 is 4.74 Å². The van der Waals surface area contributed by atoms with Crippen LogP contribution in [0.2, 0.25) is 5.02 Å². The molecule has 3 aromatic carbocycles. The predicted molar refractivity (Wildman–Crippen MR) is 125 cm³/mol. The second kappa shape index (κ2) is 9.73. The standard InChI is InChI=1S/C26H27ClOS/c1-29-25-15-16-26(21-7-11-23(27)12-8-21)22(17-25)18-28-24-13-9-20(10-14-24)19-5-3-2-4-6-19/h7-17,19H,2-6,18H2,1H3. The van der Waals surface area contributed by atoms with Gasteiger partial charge in [-0.15, -0.1) is 11.8 Å². The molecule has 0 unspecified atom stereocenters. The molecule has 0 aromatic heterocycles. The van der Waals surface area contributed by atoms with Gasteiger partial charge in [0.1, 0.15) is 12.4 Å². The van der Waals surface area contributed by atoms with Crippen molar-refractivity contribution < 1.29 is 4.74 Å². The fourth-order valence-electron chi connectivity index (χ4n) is 4.16. The zero-order valence-electron chi connectivity index (χ0n) is 16.9. The summed E-state index contributed by atoms with van der Waals surface area (Å²) in [4.78, 5) is 1.24. The third kappa shape index (κ3) is 5.18. The van der Waals surface area contributed by atoms with Crippen molar-refractivity contribution in [3.8, 4) is 16.9 Å². The normalized spacial score (nSPS) is 14.7. The van der Waals surface area contributed by atoms with Crippen LogP contribution in [0, 0.1) is 0 Å². The molecule has 1 aliphatic carbocycles. The molecular formula is C26H27ClOS. The van der Waals surface area contributed by atoms with Crippen LogP contribution in [0.5, 0.6) is 5.75 Å². The highest BCUT2D eigenvalue weighted by Crippen LogP contribution is 2.34. The zero-order chi connectivity index (χ0) is 20.1. The SMILES string of the molecule is CSc1ccc(-c2ccc(Cl)cc2)c(COc2ccc(C3CCCCC3)cc2)c1. The Kier molecular flexibility index (Phi) is 6.84. The molecular weight excluding hydrogens is 396 g/mol. The molecule has 150 valence electrons. The van der Waals surface area contributed by atoms with Crippen LogP contribution in [0.15, 0.2) is 71.6 Å². The second-order valence-electron chi connectivity index (χ2n) is 7.72. The van der Waals surface area contributed by atoms with Crippen LogP contribution in [0.3, 0.4) is 0 Å². The first-order valence-corrected chi connectivity index (χ1v) is 12.0. The van der Waals surface area contributed by atoms with Crippen molar-refractivity contribution in [3.05, 3.63) is 82.9 Å². The van der Waals surface area contributed by atoms with E-state index < -0.39 is 0 Å². The molecule has 1 fully saturated rings. The maximum atomic E-state index is 6.18. The van der Waals surface area contributed by atoms with Crippen molar-refractivity contribution in [2.75, 3.05) is 6.26 Å². The summed E-state index contributed by atoms with van der Waals surface area (Å²) in [7, 11) is 0. The van der Waals surface area contributed by atoms with Gasteiger partial charge < -0.3 is 4.74 Å². The lowest BCUT2D eigenvalue weighted by Gasteiger charge is -2.22. The number of halogens is 1. The molecule has 0 saturated heterocycles. The Morgan fingerprint density at radius 2 is 1.62 bits per heavy atom. The summed E-state index contributed by atoms with van der Waals surface area (Å²) in [5.41, 5.74) is 5.01. The van der Waals surface area contributed by atoms with E-state index >= 15 is 0 Å². The third-order valence-corrected chi connectivity index (χ3v) is 6.80. The van der Waals surface area contributed by atoms with Gasteiger partial charge in [-0.05, 0) is 83.7 Å². The number of ether oxygens (including phenoxy) is 1. The molecule has 29 heavy (non-hydrogen) atoms. The van der Waals surface area contributed by atoms with Crippen molar-refractivity contribution >= 4 is 23.4 Å². The van der Waals surface area contributed by atoms with Crippen LogP contribution in [0.1, 0.15) is 49.1 Å². The van der Waals surface area contributed by atoms with Crippen molar-refractivity contribution in [2.24, 2.45) is 0 Å². The van der Waals surface area contributed by atoms with Crippen LogP contribution in [0.4, 0.5) is 0 Å². The summed E-state index contributed by atoms with van der Waals surface area (Å²) in [6, 6.07) is 23.4. The summed E-state index contributed by atoms with van der Waals surface area (Å²) < 4.78 is 6.18. The molecule has 0 bridgehead atoms. The second-order valence-corrected chi connectivity index (χ2v) is 9.04. The summed E-state index contributed by atoms with van der Waals surface area (Å²) in [6.07, 6.45) is 8.87. The van der Waals surface area contributed by atoms with Gasteiger partial charge in [0.15, 0.2) is 0 Å². The Labute approximate surface area is 183 Å². The van der Waals surface area contributed by atoms with Crippen molar-refractivity contribution in [3.63, 3.8) is 0 Å². The first-order chi connectivity index (χ1) is 14.2. The lowest BCUT2D eigenvalue weighted by atomic mass is 9.84. The van der Waals surface area contributed by atoms with E-state index in [1.165, 1.54) is 53.7 Å². The average Bonchev–Trinajstić information content (AvgIpc) is 2.79. The molecule has 0 N–H and O–H groups in total. The summed E-state index contributed by atoms with van der Waals surface area (Å²) in [6.45, 7) is 0.551. The molecule has 4 rings (SSSR count). The zero-order valence-corrected chi connectivity index (χ0v) is 18.4. The maximum absolute atomic E-state index is 6.18. The first kappa shape index (κ1) is 20.4. The van der Waals surface area contributed by atoms with Crippen molar-refractivity contribution in [1.29, 1.82) is 0 Å². The van der Waals surface area contributed by atoms with Gasteiger partial charge in [0, 0.05) is 9.92 Å². The Hall–Kier alpha value is -1.90. The molecule has 3 heteroatoms. The molecule has 1 nitrogen and oxygen atoms in total. The number of rotatable bonds is 6. The Morgan fingerprint density at radius 1 is 0.897 bits per heavy atom. The summed E-state index contributed by atoms with van der Waals surface area (Å²) >= 11 is 7.82. The average molecular weight is 423 g/mol. The van der Waals surface area contributed by atoms with Gasteiger partial charge in [-0.2, -0.15) is 0 Å². The number of hydrogen-bond acceptors (Lipinski definition) is 2. The van der Waals surface area contributed by atoms with E-state index in [-0.39, 0.29) is 0 Å². The van der Waals surface area contributed by atoms with Gasteiger partial charge >= 0.3 is 0 Å². The molecule has 3 aromatic rings. The lowest BCUT2D eigenvalue weighted by Crippen LogP contribution is -2.04. The maximum Gasteiger partial charge on any atom is 0.119 e. The van der Waals surface area contributed by atoms with Crippen LogP contribution >= 0.6 is 23.4 Å². The van der Waals surface area contributed by atoms with Gasteiger partial charge in [0.05, 0.1) is 0 Å². The molecule has 0 aliphatic heterocycles. The molecule has 0 atom stereocenters. The smallest absolute Gasteiger partial charge is 0.119 e. The van der Waals surface area contributed by atoms with E-state index in [0.29, 0.717) is 6.61 Å². The Morgan fingerprint density at radius 3 is 2.31 bits per heavy atom. The van der Waals surface area contributed by atoms with E-state index in [9.17, 15) is 0 Å². The highest BCUT2D eigenvalue weighted by Gasteiger charge is 2.15.